The van der Waals surface area contributed by atoms with Gasteiger partial charge in [-0.2, -0.15) is 0 Å². The van der Waals surface area contributed by atoms with Crippen molar-refractivity contribution in [3.05, 3.63) is 60.2 Å². The van der Waals surface area contributed by atoms with Crippen molar-refractivity contribution in [3.8, 4) is 11.5 Å². The van der Waals surface area contributed by atoms with Crippen LogP contribution in [0.2, 0.25) is 0 Å². The van der Waals surface area contributed by atoms with E-state index in [4.69, 9.17) is 9.47 Å². The Morgan fingerprint density at radius 2 is 1.74 bits per heavy atom. The summed E-state index contributed by atoms with van der Waals surface area (Å²) in [6, 6.07) is 18.8. The molecule has 31 heavy (non-hydrogen) atoms. The molecular weight excluding hydrogens is 388 g/mol. The molecule has 3 fully saturated rings. The van der Waals surface area contributed by atoms with E-state index in [0.29, 0.717) is 30.4 Å². The number of carbonyl (C=O) groups is 1. The van der Waals surface area contributed by atoms with Gasteiger partial charge in [-0.25, -0.2) is 0 Å². The maximum atomic E-state index is 13.0. The van der Waals surface area contributed by atoms with Crippen LogP contribution in [0.15, 0.2) is 54.6 Å². The molecule has 1 aliphatic carbocycles. The van der Waals surface area contributed by atoms with Gasteiger partial charge in [-0.1, -0.05) is 30.3 Å². The molecule has 0 radical (unpaired) electrons. The number of likely N-dealkylation sites (tertiary alicyclic amines) is 2. The molecule has 5 heteroatoms. The molecule has 1 amide bonds. The zero-order chi connectivity index (χ0) is 21.2. The number of benzene rings is 2. The van der Waals surface area contributed by atoms with E-state index in [9.17, 15) is 4.79 Å². The fourth-order valence-corrected chi connectivity index (χ4v) is 5.34. The van der Waals surface area contributed by atoms with E-state index in [1.807, 2.05) is 42.5 Å². The fraction of sp³-hybridized carbons (Fsp3) is 0.500. The number of hydrogen-bond donors (Lipinski definition) is 0. The number of hydrogen-bond acceptors (Lipinski definition) is 4. The summed E-state index contributed by atoms with van der Waals surface area (Å²) in [7, 11) is 1.70. The Bertz CT molecular complexity index is 881. The molecule has 0 N–H and O–H groups in total. The third-order valence-electron chi connectivity index (χ3n) is 7.19. The SMILES string of the molecule is COc1ccc([C@H]2CN(C(=O)C3CC3)[C@@H]3CCN(CCOc4ccccc4)C[C@H]23)cc1. The lowest BCUT2D eigenvalue weighted by Crippen LogP contribution is -2.49. The molecule has 2 aromatic rings. The Kier molecular flexibility index (Phi) is 5.86. The van der Waals surface area contributed by atoms with Crippen LogP contribution in [0.4, 0.5) is 0 Å². The van der Waals surface area contributed by atoms with Crippen molar-refractivity contribution in [1.29, 1.82) is 0 Å². The summed E-state index contributed by atoms with van der Waals surface area (Å²) in [6.45, 7) is 4.52. The van der Waals surface area contributed by atoms with Crippen molar-refractivity contribution in [2.45, 2.75) is 31.2 Å². The molecule has 0 unspecified atom stereocenters. The first kappa shape index (κ1) is 20.4. The van der Waals surface area contributed by atoms with Crippen LogP contribution in [-0.4, -0.2) is 61.6 Å². The Morgan fingerprint density at radius 1 is 0.968 bits per heavy atom. The highest BCUT2D eigenvalue weighted by Gasteiger charge is 2.49. The van der Waals surface area contributed by atoms with Gasteiger partial charge in [0, 0.05) is 50.0 Å². The summed E-state index contributed by atoms with van der Waals surface area (Å²) in [5, 5.41) is 0. The van der Waals surface area contributed by atoms with Gasteiger partial charge in [0.2, 0.25) is 5.91 Å². The van der Waals surface area contributed by atoms with Crippen molar-refractivity contribution >= 4 is 5.91 Å². The standard InChI is InChI=1S/C26H32N2O3/c1-30-21-11-9-19(10-12-21)23-18-28(26(29)20-7-8-20)25-13-14-27(17-24(23)25)15-16-31-22-5-3-2-4-6-22/h2-6,9-12,20,23-25H,7-8,13-18H2,1H3/t23-,24-,25-/m1/s1. The summed E-state index contributed by atoms with van der Waals surface area (Å²) in [5.74, 6) is 3.35. The summed E-state index contributed by atoms with van der Waals surface area (Å²) < 4.78 is 11.3. The first-order valence-electron chi connectivity index (χ1n) is 11.6. The van der Waals surface area contributed by atoms with Crippen molar-refractivity contribution in [2.75, 3.05) is 39.9 Å². The largest absolute Gasteiger partial charge is 0.497 e. The van der Waals surface area contributed by atoms with Crippen LogP contribution in [0.1, 0.15) is 30.7 Å². The van der Waals surface area contributed by atoms with Gasteiger partial charge in [0.25, 0.3) is 0 Å². The molecule has 3 atom stereocenters. The molecule has 5 nitrogen and oxygen atoms in total. The van der Waals surface area contributed by atoms with Crippen LogP contribution in [0, 0.1) is 11.8 Å². The zero-order valence-corrected chi connectivity index (χ0v) is 18.3. The predicted molar refractivity (Wildman–Crippen MR) is 120 cm³/mol. The van der Waals surface area contributed by atoms with Crippen molar-refractivity contribution in [2.24, 2.45) is 11.8 Å². The molecule has 2 heterocycles. The summed E-state index contributed by atoms with van der Waals surface area (Å²) >= 11 is 0. The van der Waals surface area contributed by atoms with Gasteiger partial charge in [-0.05, 0) is 49.1 Å². The highest BCUT2D eigenvalue weighted by Crippen LogP contribution is 2.44. The monoisotopic (exact) mass is 420 g/mol. The number of para-hydroxylation sites is 1. The van der Waals surface area contributed by atoms with Gasteiger partial charge in [-0.15, -0.1) is 0 Å². The molecule has 0 aromatic heterocycles. The van der Waals surface area contributed by atoms with Crippen LogP contribution >= 0.6 is 0 Å². The highest BCUT2D eigenvalue weighted by atomic mass is 16.5. The minimum atomic E-state index is 0.285. The lowest BCUT2D eigenvalue weighted by molar-refractivity contribution is -0.134. The van der Waals surface area contributed by atoms with Crippen molar-refractivity contribution in [3.63, 3.8) is 0 Å². The number of nitrogens with zero attached hydrogens (tertiary/aromatic N) is 2. The van der Waals surface area contributed by atoms with E-state index in [2.05, 4.69) is 21.9 Å². The Balaban J connectivity index is 1.28. The normalized spacial score (nSPS) is 25.8. The maximum absolute atomic E-state index is 13.0. The first-order chi connectivity index (χ1) is 15.2. The van der Waals surface area contributed by atoms with Crippen molar-refractivity contribution in [1.82, 2.24) is 9.80 Å². The summed E-state index contributed by atoms with van der Waals surface area (Å²) in [5.41, 5.74) is 1.32. The molecular formula is C26H32N2O3. The van der Waals surface area contributed by atoms with Crippen LogP contribution in [0.3, 0.4) is 0 Å². The number of amides is 1. The molecule has 2 aromatic carbocycles. The fourth-order valence-electron chi connectivity index (χ4n) is 5.34. The first-order valence-corrected chi connectivity index (χ1v) is 11.6. The Morgan fingerprint density at radius 3 is 2.45 bits per heavy atom. The number of methoxy groups -OCH3 is 1. The molecule has 2 saturated heterocycles. The van der Waals surface area contributed by atoms with Crippen molar-refractivity contribution < 1.29 is 14.3 Å². The average molecular weight is 421 g/mol. The number of ether oxygens (including phenoxy) is 2. The van der Waals surface area contributed by atoms with Gasteiger partial charge in [0.1, 0.15) is 18.1 Å². The Labute approximate surface area is 184 Å². The van der Waals surface area contributed by atoms with Crippen LogP contribution < -0.4 is 9.47 Å². The second-order valence-electron chi connectivity index (χ2n) is 9.13. The number of rotatable bonds is 7. The van der Waals surface area contributed by atoms with E-state index < -0.39 is 0 Å². The molecule has 164 valence electrons. The minimum absolute atomic E-state index is 0.285. The second-order valence-corrected chi connectivity index (χ2v) is 9.13. The topological polar surface area (TPSA) is 42.0 Å². The summed E-state index contributed by atoms with van der Waals surface area (Å²) in [6.07, 6.45) is 3.20. The third-order valence-corrected chi connectivity index (χ3v) is 7.19. The van der Waals surface area contributed by atoms with Crippen LogP contribution in [0.5, 0.6) is 11.5 Å². The lowest BCUT2D eigenvalue weighted by Gasteiger charge is -2.39. The second kappa shape index (κ2) is 8.91. The van der Waals surface area contributed by atoms with E-state index in [-0.39, 0.29) is 5.92 Å². The third kappa shape index (κ3) is 4.42. The molecule has 2 aliphatic heterocycles. The minimum Gasteiger partial charge on any atom is -0.497 e. The van der Waals surface area contributed by atoms with Gasteiger partial charge in [0.05, 0.1) is 7.11 Å². The predicted octanol–water partition coefficient (Wildman–Crippen LogP) is 3.80. The summed E-state index contributed by atoms with van der Waals surface area (Å²) in [4.78, 5) is 17.8. The highest BCUT2D eigenvalue weighted by molar-refractivity contribution is 5.82. The Hall–Kier alpha value is -2.53. The van der Waals surface area contributed by atoms with Crippen LogP contribution in [0.25, 0.3) is 0 Å². The van der Waals surface area contributed by atoms with Gasteiger partial charge < -0.3 is 14.4 Å². The maximum Gasteiger partial charge on any atom is 0.225 e. The molecule has 3 aliphatic rings. The van der Waals surface area contributed by atoms with E-state index in [0.717, 1.165) is 56.9 Å². The van der Waals surface area contributed by atoms with Gasteiger partial charge in [-0.3, -0.25) is 9.69 Å². The number of fused-ring (bicyclic) bond motifs is 1. The van der Waals surface area contributed by atoms with Gasteiger partial charge in [0.15, 0.2) is 0 Å². The molecule has 1 saturated carbocycles. The molecule has 5 rings (SSSR count). The smallest absolute Gasteiger partial charge is 0.225 e. The molecule has 0 spiro atoms. The van der Waals surface area contributed by atoms with E-state index in [1.54, 1.807) is 7.11 Å². The average Bonchev–Trinajstić information content (AvgIpc) is 3.60. The van der Waals surface area contributed by atoms with E-state index >= 15 is 0 Å². The quantitative estimate of drug-likeness (QED) is 0.683. The van der Waals surface area contributed by atoms with E-state index in [1.165, 1.54) is 5.56 Å². The van der Waals surface area contributed by atoms with Gasteiger partial charge >= 0.3 is 0 Å². The zero-order valence-electron chi connectivity index (χ0n) is 18.3. The lowest BCUT2D eigenvalue weighted by atomic mass is 9.82. The molecule has 0 bridgehead atoms. The number of piperidine rings is 1. The number of carbonyl (C=O) groups excluding carboxylic acids is 1. The van der Waals surface area contributed by atoms with Crippen LogP contribution in [-0.2, 0) is 4.79 Å².